The fraction of sp³-hybridized carbons (Fsp3) is 0.161. The third kappa shape index (κ3) is 6.81. The van der Waals surface area contributed by atoms with Gasteiger partial charge in [0.1, 0.15) is 6.04 Å². The third-order valence-corrected chi connectivity index (χ3v) is 8.30. The molecule has 8 heteroatoms. The number of rotatable bonds is 9. The van der Waals surface area contributed by atoms with E-state index < -0.39 is 22.0 Å². The summed E-state index contributed by atoms with van der Waals surface area (Å²) in [5.41, 5.74) is 3.77. The van der Waals surface area contributed by atoms with E-state index in [1.54, 1.807) is 68.4 Å². The second kappa shape index (κ2) is 11.9. The van der Waals surface area contributed by atoms with E-state index in [1.165, 1.54) is 6.07 Å². The van der Waals surface area contributed by atoms with E-state index in [0.717, 1.165) is 11.1 Å². The zero-order valence-electron chi connectivity index (χ0n) is 21.9. The first-order valence-corrected chi connectivity index (χ1v) is 14.3. The summed E-state index contributed by atoms with van der Waals surface area (Å²) in [6.45, 7) is 5.36. The number of hydrogen-bond donors (Lipinski definition) is 2. The van der Waals surface area contributed by atoms with E-state index in [0.29, 0.717) is 21.7 Å². The predicted molar refractivity (Wildman–Crippen MR) is 155 cm³/mol. The van der Waals surface area contributed by atoms with Crippen LogP contribution in [0, 0.1) is 20.8 Å². The zero-order chi connectivity index (χ0) is 28.2. The average Bonchev–Trinajstić information content (AvgIpc) is 2.89. The number of carbonyl (C=O) groups excluding carboxylic acids is 2. The molecular weight excluding hydrogens is 532 g/mol. The normalized spacial score (nSPS) is 12.1. The van der Waals surface area contributed by atoms with Gasteiger partial charge in [0, 0.05) is 16.1 Å². The van der Waals surface area contributed by atoms with Crippen molar-refractivity contribution in [3.8, 4) is 0 Å². The molecule has 39 heavy (non-hydrogen) atoms. The van der Waals surface area contributed by atoms with Gasteiger partial charge in [0.15, 0.2) is 5.78 Å². The van der Waals surface area contributed by atoms with E-state index in [9.17, 15) is 18.0 Å². The monoisotopic (exact) mass is 560 g/mol. The quantitative estimate of drug-likeness (QED) is 0.245. The van der Waals surface area contributed by atoms with E-state index in [2.05, 4.69) is 10.0 Å². The van der Waals surface area contributed by atoms with Crippen molar-refractivity contribution in [2.75, 3.05) is 5.32 Å². The first-order valence-electron chi connectivity index (χ1n) is 12.4. The number of amides is 1. The molecule has 4 aromatic rings. The van der Waals surface area contributed by atoms with Crippen molar-refractivity contribution in [2.24, 2.45) is 0 Å². The molecule has 0 aliphatic rings. The van der Waals surface area contributed by atoms with Gasteiger partial charge in [-0.2, -0.15) is 4.72 Å². The summed E-state index contributed by atoms with van der Waals surface area (Å²) in [4.78, 5) is 27.1. The van der Waals surface area contributed by atoms with Gasteiger partial charge in [-0.1, -0.05) is 90.0 Å². The Morgan fingerprint density at radius 2 is 1.41 bits per heavy atom. The van der Waals surface area contributed by atoms with Crippen molar-refractivity contribution in [3.63, 3.8) is 0 Å². The van der Waals surface area contributed by atoms with Crippen LogP contribution in [0.3, 0.4) is 0 Å². The first-order chi connectivity index (χ1) is 18.5. The van der Waals surface area contributed by atoms with Gasteiger partial charge in [-0.05, 0) is 62.1 Å². The Labute approximate surface area is 234 Å². The van der Waals surface area contributed by atoms with Crippen molar-refractivity contribution >= 4 is 39.0 Å². The SMILES string of the molecule is Cc1cc(C)c(S(=O)(=O)NC(Cc2ccccc2)C(=O)Nc2ccc(Cl)cc2C(=O)c2ccccc2)c(C)c1. The largest absolute Gasteiger partial charge is 0.324 e. The third-order valence-electron chi connectivity index (χ3n) is 6.29. The Balaban J connectivity index is 1.69. The summed E-state index contributed by atoms with van der Waals surface area (Å²) < 4.78 is 29.8. The van der Waals surface area contributed by atoms with E-state index >= 15 is 0 Å². The van der Waals surface area contributed by atoms with Gasteiger partial charge < -0.3 is 5.32 Å². The number of nitrogens with one attached hydrogen (secondary N) is 2. The van der Waals surface area contributed by atoms with Gasteiger partial charge >= 0.3 is 0 Å². The molecule has 0 bridgehead atoms. The molecule has 0 radical (unpaired) electrons. The van der Waals surface area contributed by atoms with E-state index in [4.69, 9.17) is 11.6 Å². The van der Waals surface area contributed by atoms with Gasteiger partial charge in [-0.15, -0.1) is 0 Å². The van der Waals surface area contributed by atoms with Crippen LogP contribution in [0.15, 0.2) is 95.9 Å². The molecule has 0 fully saturated rings. The maximum atomic E-state index is 13.7. The minimum absolute atomic E-state index is 0.103. The number of halogens is 1. The molecule has 0 spiro atoms. The molecule has 6 nitrogen and oxygen atoms in total. The van der Waals surface area contributed by atoms with Crippen molar-refractivity contribution < 1.29 is 18.0 Å². The Morgan fingerprint density at radius 1 is 0.821 bits per heavy atom. The van der Waals surface area contributed by atoms with Gasteiger partial charge in [0.05, 0.1) is 10.6 Å². The molecule has 200 valence electrons. The molecule has 4 rings (SSSR count). The predicted octanol–water partition coefficient (Wildman–Crippen LogP) is 6.02. The van der Waals surface area contributed by atoms with Crippen LogP contribution in [0.4, 0.5) is 5.69 Å². The summed E-state index contributed by atoms with van der Waals surface area (Å²) in [5.74, 6) is -0.922. The fourth-order valence-corrected chi connectivity index (χ4v) is 6.47. The van der Waals surface area contributed by atoms with Gasteiger partial charge in [0.2, 0.25) is 15.9 Å². The van der Waals surface area contributed by atoms with Crippen molar-refractivity contribution in [1.82, 2.24) is 4.72 Å². The van der Waals surface area contributed by atoms with Crippen LogP contribution in [0.1, 0.15) is 38.2 Å². The number of sulfonamides is 1. The van der Waals surface area contributed by atoms with Crippen LogP contribution in [-0.2, 0) is 21.2 Å². The fourth-order valence-electron chi connectivity index (χ4n) is 4.65. The second-order valence-corrected chi connectivity index (χ2v) is 11.6. The summed E-state index contributed by atoms with van der Waals surface area (Å²) in [5, 5.41) is 3.11. The lowest BCUT2D eigenvalue weighted by Gasteiger charge is -2.21. The molecule has 0 saturated carbocycles. The lowest BCUT2D eigenvalue weighted by Crippen LogP contribution is -2.45. The number of benzene rings is 4. The maximum absolute atomic E-state index is 13.7. The van der Waals surface area contributed by atoms with Gasteiger partial charge in [-0.25, -0.2) is 8.42 Å². The topological polar surface area (TPSA) is 92.3 Å². The Hall–Kier alpha value is -3.78. The smallest absolute Gasteiger partial charge is 0.242 e. The van der Waals surface area contributed by atoms with Crippen LogP contribution in [0.5, 0.6) is 0 Å². The van der Waals surface area contributed by atoms with Crippen molar-refractivity contribution in [2.45, 2.75) is 38.1 Å². The summed E-state index contributed by atoms with van der Waals surface area (Å²) in [6, 6.07) is 24.8. The molecule has 1 atom stereocenters. The number of carbonyl (C=O) groups is 2. The van der Waals surface area contributed by atoms with Crippen LogP contribution in [0.2, 0.25) is 5.02 Å². The highest BCUT2D eigenvalue weighted by molar-refractivity contribution is 7.89. The highest BCUT2D eigenvalue weighted by Crippen LogP contribution is 2.25. The minimum atomic E-state index is -4.07. The highest BCUT2D eigenvalue weighted by atomic mass is 35.5. The second-order valence-electron chi connectivity index (χ2n) is 9.47. The molecule has 0 aromatic heterocycles. The Kier molecular flexibility index (Phi) is 8.65. The van der Waals surface area contributed by atoms with E-state index in [-0.39, 0.29) is 28.4 Å². The lowest BCUT2D eigenvalue weighted by molar-refractivity contribution is -0.117. The summed E-state index contributed by atoms with van der Waals surface area (Å²) in [7, 11) is -4.07. The zero-order valence-corrected chi connectivity index (χ0v) is 23.4. The van der Waals surface area contributed by atoms with Crippen LogP contribution >= 0.6 is 11.6 Å². The first kappa shape index (κ1) is 28.2. The number of hydrogen-bond acceptors (Lipinski definition) is 4. The molecule has 0 aliphatic carbocycles. The highest BCUT2D eigenvalue weighted by Gasteiger charge is 2.29. The van der Waals surface area contributed by atoms with Gasteiger partial charge in [0.25, 0.3) is 0 Å². The molecule has 0 heterocycles. The molecule has 2 N–H and O–H groups in total. The standard InChI is InChI=1S/C31H29ClN2O4S/c1-20-16-21(2)30(22(3)17-20)39(37,38)34-28(18-23-10-6-4-7-11-23)31(36)33-27-15-14-25(32)19-26(27)29(35)24-12-8-5-9-13-24/h4-17,19,28,34H,18H2,1-3H3,(H,33,36). The van der Waals surface area contributed by atoms with Crippen molar-refractivity contribution in [3.05, 3.63) is 129 Å². The van der Waals surface area contributed by atoms with Crippen molar-refractivity contribution in [1.29, 1.82) is 0 Å². The van der Waals surface area contributed by atoms with Crippen LogP contribution < -0.4 is 10.0 Å². The molecule has 4 aromatic carbocycles. The molecule has 1 unspecified atom stereocenters. The number of aryl methyl sites for hydroxylation is 3. The molecule has 0 aliphatic heterocycles. The summed E-state index contributed by atoms with van der Waals surface area (Å²) in [6.07, 6.45) is 0.103. The Morgan fingerprint density at radius 3 is 2.03 bits per heavy atom. The number of ketones is 1. The maximum Gasteiger partial charge on any atom is 0.242 e. The Bertz CT molecular complexity index is 1600. The van der Waals surface area contributed by atoms with Crippen LogP contribution in [0.25, 0.3) is 0 Å². The average molecular weight is 561 g/mol. The minimum Gasteiger partial charge on any atom is -0.324 e. The van der Waals surface area contributed by atoms with Gasteiger partial charge in [-0.3, -0.25) is 9.59 Å². The summed E-state index contributed by atoms with van der Waals surface area (Å²) >= 11 is 6.19. The molecule has 1 amide bonds. The lowest BCUT2D eigenvalue weighted by atomic mass is 10.0. The van der Waals surface area contributed by atoms with Crippen LogP contribution in [-0.4, -0.2) is 26.2 Å². The van der Waals surface area contributed by atoms with E-state index in [1.807, 2.05) is 37.3 Å². The molecular formula is C31H29ClN2O4S. The molecule has 0 saturated heterocycles. The number of anilines is 1.